The van der Waals surface area contributed by atoms with Crippen LogP contribution in [0.5, 0.6) is 5.88 Å². The third-order valence-electron chi connectivity index (χ3n) is 3.49. The van der Waals surface area contributed by atoms with Crippen LogP contribution in [0.15, 0.2) is 40.9 Å². The van der Waals surface area contributed by atoms with Gasteiger partial charge in [-0.1, -0.05) is 28.1 Å². The van der Waals surface area contributed by atoms with Gasteiger partial charge >= 0.3 is 0 Å². The summed E-state index contributed by atoms with van der Waals surface area (Å²) in [6.45, 7) is 0.499. The minimum absolute atomic E-state index is 0.499. The molecule has 0 atom stereocenters. The maximum absolute atomic E-state index is 5.85. The van der Waals surface area contributed by atoms with Crippen molar-refractivity contribution >= 4 is 21.6 Å². The van der Waals surface area contributed by atoms with E-state index in [1.54, 1.807) is 0 Å². The molecule has 0 radical (unpaired) electrons. The maximum atomic E-state index is 5.85. The van der Waals surface area contributed by atoms with Crippen LogP contribution in [0, 0.1) is 0 Å². The molecule has 1 aliphatic carbocycles. The van der Waals surface area contributed by atoms with Gasteiger partial charge in [0.15, 0.2) is 0 Å². The number of pyridine rings is 1. The summed E-state index contributed by atoms with van der Waals surface area (Å²) in [5.74, 6) is 1.35. The Bertz CT molecular complexity index is 611. The lowest BCUT2D eigenvalue weighted by Gasteiger charge is -2.12. The fraction of sp³-hybridized carbons (Fsp3) is 0.312. The molecule has 1 heterocycles. The first kappa shape index (κ1) is 13.4. The summed E-state index contributed by atoms with van der Waals surface area (Å²) in [5, 5.41) is 3.18. The van der Waals surface area contributed by atoms with Crippen molar-refractivity contribution in [2.75, 3.05) is 12.4 Å². The first-order chi connectivity index (χ1) is 9.78. The quantitative estimate of drug-likeness (QED) is 0.884. The largest absolute Gasteiger partial charge is 0.473 e. The number of benzene rings is 1. The topological polar surface area (TPSA) is 34.1 Å². The van der Waals surface area contributed by atoms with Crippen LogP contribution in [-0.2, 0) is 6.61 Å². The average molecular weight is 333 g/mol. The number of rotatable bonds is 5. The minimum atomic E-state index is 0.499. The zero-order chi connectivity index (χ0) is 13.9. The Kier molecular flexibility index (Phi) is 3.92. The number of aromatic nitrogens is 1. The summed E-state index contributed by atoms with van der Waals surface area (Å²) in [6.07, 6.45) is 2.51. The standard InChI is InChI=1S/C16H17BrN2O/c1-18-15-6-2-4-13(17)12(15)10-20-16-7-3-5-14(19-16)11-8-9-11/h2-7,11,18H,8-10H2,1H3. The zero-order valence-electron chi connectivity index (χ0n) is 11.4. The third-order valence-corrected chi connectivity index (χ3v) is 4.24. The molecule has 0 unspecified atom stereocenters. The van der Waals surface area contributed by atoms with E-state index in [1.165, 1.54) is 12.8 Å². The van der Waals surface area contributed by atoms with Gasteiger partial charge in [0.25, 0.3) is 0 Å². The Morgan fingerprint density at radius 2 is 2.05 bits per heavy atom. The van der Waals surface area contributed by atoms with E-state index in [4.69, 9.17) is 4.74 Å². The van der Waals surface area contributed by atoms with Crippen LogP contribution in [0.2, 0.25) is 0 Å². The molecule has 3 nitrogen and oxygen atoms in total. The van der Waals surface area contributed by atoms with Crippen molar-refractivity contribution in [3.63, 3.8) is 0 Å². The summed E-state index contributed by atoms with van der Waals surface area (Å²) < 4.78 is 6.90. The second-order valence-corrected chi connectivity index (χ2v) is 5.83. The van der Waals surface area contributed by atoms with E-state index in [-0.39, 0.29) is 0 Å². The van der Waals surface area contributed by atoms with Gasteiger partial charge in [-0.25, -0.2) is 4.98 Å². The molecule has 2 aromatic rings. The molecule has 0 spiro atoms. The van der Waals surface area contributed by atoms with E-state index < -0.39 is 0 Å². The highest BCUT2D eigenvalue weighted by Crippen LogP contribution is 2.39. The minimum Gasteiger partial charge on any atom is -0.473 e. The van der Waals surface area contributed by atoms with Crippen molar-refractivity contribution in [2.24, 2.45) is 0 Å². The maximum Gasteiger partial charge on any atom is 0.213 e. The fourth-order valence-corrected chi connectivity index (χ4v) is 2.68. The van der Waals surface area contributed by atoms with Gasteiger partial charge in [0.1, 0.15) is 6.61 Å². The van der Waals surface area contributed by atoms with Crippen LogP contribution in [0.1, 0.15) is 30.0 Å². The second-order valence-electron chi connectivity index (χ2n) is 4.98. The molecular weight excluding hydrogens is 316 g/mol. The lowest BCUT2D eigenvalue weighted by molar-refractivity contribution is 0.293. The lowest BCUT2D eigenvalue weighted by Crippen LogP contribution is -2.03. The predicted molar refractivity (Wildman–Crippen MR) is 84.2 cm³/mol. The van der Waals surface area contributed by atoms with Crippen LogP contribution in [0.3, 0.4) is 0 Å². The zero-order valence-corrected chi connectivity index (χ0v) is 13.0. The first-order valence-electron chi connectivity index (χ1n) is 6.83. The van der Waals surface area contributed by atoms with Gasteiger partial charge in [0.05, 0.1) is 0 Å². The van der Waals surface area contributed by atoms with Gasteiger partial charge in [0.2, 0.25) is 5.88 Å². The van der Waals surface area contributed by atoms with Crippen molar-refractivity contribution in [1.29, 1.82) is 0 Å². The van der Waals surface area contributed by atoms with Crippen molar-refractivity contribution < 1.29 is 4.74 Å². The van der Waals surface area contributed by atoms with E-state index >= 15 is 0 Å². The molecule has 0 amide bonds. The first-order valence-corrected chi connectivity index (χ1v) is 7.62. The van der Waals surface area contributed by atoms with Gasteiger partial charge < -0.3 is 10.1 Å². The molecule has 4 heteroatoms. The number of hydrogen-bond donors (Lipinski definition) is 1. The average Bonchev–Trinajstić information content (AvgIpc) is 3.30. The molecule has 0 saturated heterocycles. The molecule has 0 aliphatic heterocycles. The Hall–Kier alpha value is -1.55. The normalized spacial score (nSPS) is 14.1. The number of ether oxygens (including phenoxy) is 1. The van der Waals surface area contributed by atoms with E-state index in [0.29, 0.717) is 18.4 Å². The van der Waals surface area contributed by atoms with Gasteiger partial charge in [-0.2, -0.15) is 0 Å². The molecule has 1 aromatic heterocycles. The van der Waals surface area contributed by atoms with Crippen molar-refractivity contribution in [3.05, 3.63) is 52.1 Å². The molecule has 1 aliphatic rings. The van der Waals surface area contributed by atoms with E-state index in [2.05, 4.69) is 32.3 Å². The second kappa shape index (κ2) is 5.83. The smallest absolute Gasteiger partial charge is 0.213 e. The Balaban J connectivity index is 1.74. The van der Waals surface area contributed by atoms with Crippen LogP contribution in [0.4, 0.5) is 5.69 Å². The number of nitrogens with zero attached hydrogens (tertiary/aromatic N) is 1. The van der Waals surface area contributed by atoms with E-state index in [9.17, 15) is 0 Å². The molecular formula is C16H17BrN2O. The van der Waals surface area contributed by atoms with Crippen molar-refractivity contribution in [2.45, 2.75) is 25.4 Å². The molecule has 1 saturated carbocycles. The Labute approximate surface area is 127 Å². The molecule has 1 N–H and O–H groups in total. The Morgan fingerprint density at radius 1 is 1.25 bits per heavy atom. The highest BCUT2D eigenvalue weighted by atomic mass is 79.9. The third kappa shape index (κ3) is 2.96. The monoisotopic (exact) mass is 332 g/mol. The van der Waals surface area contributed by atoms with Gasteiger partial charge in [-0.15, -0.1) is 0 Å². The van der Waals surface area contributed by atoms with Crippen molar-refractivity contribution in [3.8, 4) is 5.88 Å². The van der Waals surface area contributed by atoms with E-state index in [0.717, 1.165) is 21.4 Å². The Morgan fingerprint density at radius 3 is 2.80 bits per heavy atom. The van der Waals surface area contributed by atoms with Gasteiger partial charge in [-0.3, -0.25) is 0 Å². The number of nitrogens with one attached hydrogen (secondary N) is 1. The highest BCUT2D eigenvalue weighted by molar-refractivity contribution is 9.10. The predicted octanol–water partition coefficient (Wildman–Crippen LogP) is 4.34. The van der Waals surface area contributed by atoms with Gasteiger partial charge in [-0.05, 0) is 31.0 Å². The number of hydrogen-bond acceptors (Lipinski definition) is 3. The van der Waals surface area contributed by atoms with Crippen LogP contribution >= 0.6 is 15.9 Å². The number of anilines is 1. The van der Waals surface area contributed by atoms with Crippen LogP contribution < -0.4 is 10.1 Å². The highest BCUT2D eigenvalue weighted by Gasteiger charge is 2.25. The molecule has 1 aromatic carbocycles. The lowest BCUT2D eigenvalue weighted by atomic mass is 10.2. The van der Waals surface area contributed by atoms with Crippen LogP contribution in [-0.4, -0.2) is 12.0 Å². The summed E-state index contributed by atoms with van der Waals surface area (Å²) in [4.78, 5) is 4.58. The summed E-state index contributed by atoms with van der Waals surface area (Å²) >= 11 is 3.57. The SMILES string of the molecule is CNc1cccc(Br)c1COc1cccc(C2CC2)n1. The molecule has 20 heavy (non-hydrogen) atoms. The summed E-state index contributed by atoms with van der Waals surface area (Å²) in [7, 11) is 1.91. The fourth-order valence-electron chi connectivity index (χ4n) is 2.20. The molecule has 1 fully saturated rings. The van der Waals surface area contributed by atoms with Gasteiger partial charge in [0, 0.05) is 40.4 Å². The molecule has 104 valence electrons. The summed E-state index contributed by atoms with van der Waals surface area (Å²) in [5.41, 5.74) is 3.33. The molecule has 0 bridgehead atoms. The number of halogens is 1. The van der Waals surface area contributed by atoms with E-state index in [1.807, 2.05) is 37.4 Å². The van der Waals surface area contributed by atoms with Crippen LogP contribution in [0.25, 0.3) is 0 Å². The summed E-state index contributed by atoms with van der Waals surface area (Å²) in [6, 6.07) is 12.1. The molecule has 3 rings (SSSR count). The van der Waals surface area contributed by atoms with Crippen molar-refractivity contribution in [1.82, 2.24) is 4.98 Å².